The second-order valence-corrected chi connectivity index (χ2v) is 11.7. The molecule has 1 atom stereocenters. The van der Waals surface area contributed by atoms with E-state index in [2.05, 4.69) is 38.7 Å². The molecule has 2 heterocycles. The Morgan fingerprint density at radius 1 is 1.17 bits per heavy atom. The molecule has 2 aliphatic rings. The zero-order chi connectivity index (χ0) is 30.5. The summed E-state index contributed by atoms with van der Waals surface area (Å²) in [4.78, 5) is 4.35. The number of anilines is 2. The number of rotatable bonds is 7. The van der Waals surface area contributed by atoms with Crippen molar-refractivity contribution in [3.8, 4) is 12.1 Å². The molecule has 3 aromatic rings. The summed E-state index contributed by atoms with van der Waals surface area (Å²) in [6.45, 7) is 6.61. The third-order valence-electron chi connectivity index (χ3n) is 6.97. The van der Waals surface area contributed by atoms with Crippen molar-refractivity contribution in [2.24, 2.45) is 5.41 Å². The Balaban J connectivity index is 1.65. The fraction of sp³-hybridized carbons (Fsp3) is 0.345. The lowest BCUT2D eigenvalue weighted by Crippen LogP contribution is -2.52. The molecule has 1 saturated carbocycles. The summed E-state index contributed by atoms with van der Waals surface area (Å²) in [6, 6.07) is 12.0. The van der Waals surface area contributed by atoms with Crippen LogP contribution in [0.15, 0.2) is 54.5 Å². The molecule has 4 N–H and O–H groups in total. The summed E-state index contributed by atoms with van der Waals surface area (Å²) in [6.07, 6.45) is -2.04. The van der Waals surface area contributed by atoms with Gasteiger partial charge in [0.25, 0.3) is 0 Å². The molecule has 1 aliphatic carbocycles. The zero-order valence-electron chi connectivity index (χ0n) is 23.5. The molecular formula is C29H28ClF3N8. The smallest absolute Gasteiger partial charge is 0.383 e. The molecule has 0 bridgehead atoms. The van der Waals surface area contributed by atoms with Gasteiger partial charge in [-0.05, 0) is 42.0 Å². The molecule has 2 aromatic carbocycles. The van der Waals surface area contributed by atoms with Crippen molar-refractivity contribution in [3.05, 3.63) is 76.2 Å². The Labute approximate surface area is 242 Å². The third-order valence-corrected chi connectivity index (χ3v) is 7.30. The van der Waals surface area contributed by atoms with Crippen LogP contribution in [0.3, 0.4) is 0 Å². The van der Waals surface area contributed by atoms with Crippen LogP contribution < -0.4 is 21.6 Å². The average molecular weight is 582 g/mol. The number of hydrazine groups is 2. The second kappa shape index (κ2) is 10.3. The Morgan fingerprint density at radius 3 is 2.49 bits per heavy atom. The molecular weight excluding hydrogens is 553 g/mol. The summed E-state index contributed by atoms with van der Waals surface area (Å²) in [5.74, 6) is 0. The van der Waals surface area contributed by atoms with Crippen LogP contribution in [0.25, 0.3) is 10.9 Å². The number of pyridine rings is 1. The second-order valence-electron chi connectivity index (χ2n) is 11.3. The minimum Gasteiger partial charge on any atom is -0.383 e. The van der Waals surface area contributed by atoms with Gasteiger partial charge in [0.05, 0.1) is 35.4 Å². The van der Waals surface area contributed by atoms with E-state index < -0.39 is 17.7 Å². The van der Waals surface area contributed by atoms with E-state index in [4.69, 9.17) is 11.6 Å². The maximum Gasteiger partial charge on any atom is 0.413 e. The fourth-order valence-electron chi connectivity index (χ4n) is 4.63. The first-order valence-corrected chi connectivity index (χ1v) is 13.2. The highest BCUT2D eigenvalue weighted by Crippen LogP contribution is 2.54. The lowest BCUT2D eigenvalue weighted by molar-refractivity contribution is -0.195. The lowest BCUT2D eigenvalue weighted by atomic mass is 9.96. The van der Waals surface area contributed by atoms with Crippen molar-refractivity contribution in [2.75, 3.05) is 17.2 Å². The van der Waals surface area contributed by atoms with Crippen LogP contribution in [-0.4, -0.2) is 28.3 Å². The highest BCUT2D eigenvalue weighted by atomic mass is 35.5. The fourth-order valence-corrected chi connectivity index (χ4v) is 4.86. The Hall–Kier alpha value is -4.19. The quantitative estimate of drug-likeness (QED) is 0.250. The highest BCUT2D eigenvalue weighted by Gasteiger charge is 2.67. The number of aromatic nitrogens is 1. The third kappa shape index (κ3) is 5.43. The van der Waals surface area contributed by atoms with E-state index in [0.717, 1.165) is 5.01 Å². The van der Waals surface area contributed by atoms with E-state index in [1.54, 1.807) is 30.3 Å². The van der Waals surface area contributed by atoms with Gasteiger partial charge in [0.15, 0.2) is 5.54 Å². The minimum absolute atomic E-state index is 0.0553. The number of hydrogen-bond donors (Lipinski definition) is 4. The molecule has 1 aliphatic heterocycles. The molecule has 1 aromatic heterocycles. The first-order valence-electron chi connectivity index (χ1n) is 13.4. The number of alkyl halides is 3. The molecule has 0 radical (unpaired) electrons. The van der Waals surface area contributed by atoms with Crippen molar-refractivity contribution in [3.63, 3.8) is 0 Å². The van der Waals surface area contributed by atoms with E-state index >= 15 is 0 Å². The van der Waals surface area contributed by atoms with Crippen LogP contribution in [0.1, 0.15) is 57.7 Å². The van der Waals surface area contributed by atoms with Crippen LogP contribution in [0.4, 0.5) is 24.5 Å². The van der Waals surface area contributed by atoms with Gasteiger partial charge in [-0.15, -0.1) is 5.53 Å². The van der Waals surface area contributed by atoms with E-state index in [9.17, 15) is 25.1 Å². The normalized spacial score (nSPS) is 17.9. The Kier molecular flexibility index (Phi) is 6.80. The summed E-state index contributed by atoms with van der Waals surface area (Å²) < 4.78 is 51.3. The van der Waals surface area contributed by atoms with Gasteiger partial charge in [-0.2, -0.15) is 23.7 Å². The van der Waals surface area contributed by atoms with Crippen LogP contribution in [-0.2, 0) is 0 Å². The standard InChI is InChI=1S/C29H28ClF3N8/c1-27(2,3)16-37-25-18(13-35)14-36-24-17(12-34)10-19(11-21(24)25)38-26(20-6-4-5-7-22(20)30)23-15-41(40-39-23)28(8-9-28)29(31,32)33/h4-7,10-11,14-15,26,38-40H,8-9,16H2,1-3H3,(H,36,37)/i26D. The zero-order valence-corrected chi connectivity index (χ0v) is 23.3. The van der Waals surface area contributed by atoms with Crippen LogP contribution >= 0.6 is 11.6 Å². The topological polar surface area (TPSA) is 112 Å². The van der Waals surface area contributed by atoms with Crippen molar-refractivity contribution in [2.45, 2.75) is 51.3 Å². The molecule has 0 amide bonds. The highest BCUT2D eigenvalue weighted by molar-refractivity contribution is 6.31. The molecule has 0 saturated heterocycles. The first-order chi connectivity index (χ1) is 19.7. The maximum absolute atomic E-state index is 13.9. The summed E-state index contributed by atoms with van der Waals surface area (Å²) in [5, 5.41) is 27.8. The van der Waals surface area contributed by atoms with E-state index in [1.807, 2.05) is 20.8 Å². The van der Waals surface area contributed by atoms with Gasteiger partial charge < -0.3 is 16.1 Å². The van der Waals surface area contributed by atoms with Gasteiger partial charge in [0, 0.05) is 35.0 Å². The minimum atomic E-state index is -4.49. The number of hydrogen-bond acceptors (Lipinski definition) is 8. The van der Waals surface area contributed by atoms with E-state index in [-0.39, 0.29) is 45.7 Å². The van der Waals surface area contributed by atoms with E-state index in [0.29, 0.717) is 28.8 Å². The lowest BCUT2D eigenvalue weighted by Gasteiger charge is -2.28. The van der Waals surface area contributed by atoms with Crippen molar-refractivity contribution in [1.29, 1.82) is 10.5 Å². The summed E-state index contributed by atoms with van der Waals surface area (Å²) in [7, 11) is 0. The first kappa shape index (κ1) is 27.0. The largest absolute Gasteiger partial charge is 0.413 e. The van der Waals surface area contributed by atoms with Crippen LogP contribution in [0.2, 0.25) is 5.02 Å². The number of nitrogens with one attached hydrogen (secondary N) is 4. The summed E-state index contributed by atoms with van der Waals surface area (Å²) in [5.41, 5.74) is 5.01. The molecule has 212 valence electrons. The van der Waals surface area contributed by atoms with E-state index in [1.165, 1.54) is 18.5 Å². The van der Waals surface area contributed by atoms with Gasteiger partial charge in [-0.25, -0.2) is 0 Å². The molecule has 1 fully saturated rings. The van der Waals surface area contributed by atoms with Gasteiger partial charge in [-0.3, -0.25) is 9.99 Å². The van der Waals surface area contributed by atoms with Gasteiger partial charge in [0.2, 0.25) is 0 Å². The predicted octanol–water partition coefficient (Wildman–Crippen LogP) is 6.50. The average Bonchev–Trinajstić information content (AvgIpc) is 3.60. The van der Waals surface area contributed by atoms with Crippen molar-refractivity contribution in [1.82, 2.24) is 21.0 Å². The van der Waals surface area contributed by atoms with Crippen molar-refractivity contribution < 1.29 is 14.5 Å². The SMILES string of the molecule is [2H]C(Nc1cc(C#N)c2ncc(C#N)c(NCC(C)(C)C)c2c1)(C1=CN(C2(C(F)(F)F)CC2)NN1)c1ccccc1Cl. The molecule has 0 spiro atoms. The predicted molar refractivity (Wildman–Crippen MR) is 151 cm³/mol. The van der Waals surface area contributed by atoms with Gasteiger partial charge in [0.1, 0.15) is 12.1 Å². The molecule has 1 unspecified atom stereocenters. The number of nitrogens with zero attached hydrogens (tertiary/aromatic N) is 4. The van der Waals surface area contributed by atoms with Gasteiger partial charge >= 0.3 is 6.18 Å². The number of fused-ring (bicyclic) bond motifs is 1. The maximum atomic E-state index is 13.9. The van der Waals surface area contributed by atoms with Crippen molar-refractivity contribution >= 4 is 33.9 Å². The number of nitriles is 2. The van der Waals surface area contributed by atoms with Crippen LogP contribution in [0.5, 0.6) is 0 Å². The Bertz CT molecular complexity index is 1670. The van der Waals surface area contributed by atoms with Gasteiger partial charge in [-0.1, -0.05) is 50.6 Å². The number of halogens is 4. The van der Waals surface area contributed by atoms with Crippen LogP contribution in [0, 0.1) is 28.1 Å². The molecule has 8 nitrogen and oxygen atoms in total. The Morgan fingerprint density at radius 2 is 1.88 bits per heavy atom. The molecule has 41 heavy (non-hydrogen) atoms. The molecule has 5 rings (SSSR count). The summed E-state index contributed by atoms with van der Waals surface area (Å²) >= 11 is 6.53. The number of benzene rings is 2. The molecule has 12 heteroatoms. The monoisotopic (exact) mass is 581 g/mol.